The molecule has 18 heavy (non-hydrogen) atoms. The van der Waals surface area contributed by atoms with Gasteiger partial charge in [-0.25, -0.2) is 0 Å². The third-order valence-corrected chi connectivity index (χ3v) is 3.10. The van der Waals surface area contributed by atoms with Crippen LogP contribution in [0.1, 0.15) is 49.0 Å². The van der Waals surface area contributed by atoms with Crippen molar-refractivity contribution < 1.29 is 14.7 Å². The van der Waals surface area contributed by atoms with Gasteiger partial charge in [0.25, 0.3) is 0 Å². The zero-order chi connectivity index (χ0) is 13.5. The lowest BCUT2D eigenvalue weighted by Crippen LogP contribution is -2.18. The van der Waals surface area contributed by atoms with E-state index >= 15 is 0 Å². The number of aliphatic carboxylic acids is 1. The number of aryl methyl sites for hydroxylation is 1. The Kier molecular flexibility index (Phi) is 5.56. The van der Waals surface area contributed by atoms with E-state index in [9.17, 15) is 9.59 Å². The summed E-state index contributed by atoms with van der Waals surface area (Å²) in [4.78, 5) is 23.0. The van der Waals surface area contributed by atoms with Crippen molar-refractivity contribution in [1.29, 1.82) is 0 Å². The van der Waals surface area contributed by atoms with Crippen molar-refractivity contribution in [3.05, 3.63) is 35.4 Å². The minimum Gasteiger partial charge on any atom is -0.481 e. The maximum atomic E-state index is 12.0. The van der Waals surface area contributed by atoms with Crippen LogP contribution in [0.5, 0.6) is 0 Å². The fraction of sp³-hybridized carbons (Fsp3) is 0.467. The zero-order valence-corrected chi connectivity index (χ0v) is 11.0. The molecule has 0 bridgehead atoms. The Morgan fingerprint density at radius 3 is 2.22 bits per heavy atom. The molecule has 0 aliphatic carbocycles. The highest BCUT2D eigenvalue weighted by Gasteiger charge is 2.20. The summed E-state index contributed by atoms with van der Waals surface area (Å²) in [6.07, 6.45) is 2.35. The summed E-state index contributed by atoms with van der Waals surface area (Å²) in [5, 5.41) is 9.03. The fourth-order valence-corrected chi connectivity index (χ4v) is 1.93. The number of hydrogen-bond donors (Lipinski definition) is 1. The van der Waals surface area contributed by atoms with Gasteiger partial charge in [0.1, 0.15) is 0 Å². The third kappa shape index (κ3) is 3.99. The van der Waals surface area contributed by atoms with E-state index in [1.54, 1.807) is 12.1 Å². The van der Waals surface area contributed by atoms with Gasteiger partial charge < -0.3 is 5.11 Å². The van der Waals surface area contributed by atoms with Gasteiger partial charge >= 0.3 is 5.97 Å². The highest BCUT2D eigenvalue weighted by molar-refractivity contribution is 5.97. The fourth-order valence-electron chi connectivity index (χ4n) is 1.93. The first-order valence-electron chi connectivity index (χ1n) is 6.43. The topological polar surface area (TPSA) is 54.4 Å². The standard InChI is InChI=1S/C15H20O3/c1-3-5-13(15(17)18)10-14(16)12-8-6-11(4-2)7-9-12/h6-9,13H,3-5,10H2,1-2H3,(H,17,18). The molecule has 1 N–H and O–H groups in total. The first kappa shape index (κ1) is 14.4. The molecule has 0 aliphatic rings. The van der Waals surface area contributed by atoms with E-state index in [0.717, 1.165) is 12.8 Å². The van der Waals surface area contributed by atoms with Crippen LogP contribution in [0.15, 0.2) is 24.3 Å². The van der Waals surface area contributed by atoms with Gasteiger partial charge in [0, 0.05) is 12.0 Å². The van der Waals surface area contributed by atoms with Crippen LogP contribution in [0, 0.1) is 5.92 Å². The van der Waals surface area contributed by atoms with Gasteiger partial charge in [0.15, 0.2) is 5.78 Å². The number of Topliss-reactive ketones (excluding diaryl/α,β-unsaturated/α-hetero) is 1. The normalized spacial score (nSPS) is 12.1. The summed E-state index contributed by atoms with van der Waals surface area (Å²) in [6, 6.07) is 7.41. The molecule has 0 saturated heterocycles. The van der Waals surface area contributed by atoms with Crippen LogP contribution in [0.25, 0.3) is 0 Å². The van der Waals surface area contributed by atoms with Crippen LogP contribution in [-0.2, 0) is 11.2 Å². The molecule has 0 radical (unpaired) electrons. The monoisotopic (exact) mass is 248 g/mol. The van der Waals surface area contributed by atoms with Gasteiger partial charge in [-0.3, -0.25) is 9.59 Å². The molecular weight excluding hydrogens is 228 g/mol. The number of carboxylic acid groups (broad SMARTS) is 1. The van der Waals surface area contributed by atoms with E-state index < -0.39 is 11.9 Å². The molecule has 0 amide bonds. The smallest absolute Gasteiger partial charge is 0.306 e. The molecule has 0 fully saturated rings. The SMILES string of the molecule is CCCC(CC(=O)c1ccc(CC)cc1)C(=O)O. The summed E-state index contributed by atoms with van der Waals surface area (Å²) < 4.78 is 0. The van der Waals surface area contributed by atoms with Crippen LogP contribution >= 0.6 is 0 Å². The Balaban J connectivity index is 2.70. The van der Waals surface area contributed by atoms with E-state index in [4.69, 9.17) is 5.11 Å². The summed E-state index contributed by atoms with van der Waals surface area (Å²) in [5.41, 5.74) is 1.78. The molecule has 98 valence electrons. The van der Waals surface area contributed by atoms with E-state index in [0.29, 0.717) is 12.0 Å². The minimum atomic E-state index is -0.879. The lowest BCUT2D eigenvalue weighted by molar-refractivity contribution is -0.141. The molecule has 1 unspecified atom stereocenters. The number of carbonyl (C=O) groups is 2. The predicted octanol–water partition coefficient (Wildman–Crippen LogP) is 3.32. The van der Waals surface area contributed by atoms with Gasteiger partial charge in [0.05, 0.1) is 5.92 Å². The van der Waals surface area contributed by atoms with Crippen LogP contribution in [0.4, 0.5) is 0 Å². The molecule has 0 saturated carbocycles. The van der Waals surface area contributed by atoms with Crippen LogP contribution < -0.4 is 0 Å². The number of rotatable bonds is 7. The first-order chi connectivity index (χ1) is 8.58. The maximum absolute atomic E-state index is 12.0. The number of carboxylic acids is 1. The summed E-state index contributed by atoms with van der Waals surface area (Å²) >= 11 is 0. The van der Waals surface area contributed by atoms with Gasteiger partial charge in [-0.1, -0.05) is 44.5 Å². The molecule has 0 spiro atoms. The van der Waals surface area contributed by atoms with Crippen LogP contribution in [0.3, 0.4) is 0 Å². The van der Waals surface area contributed by atoms with Crippen molar-refractivity contribution in [2.75, 3.05) is 0 Å². The second-order valence-corrected chi connectivity index (χ2v) is 4.50. The van der Waals surface area contributed by atoms with E-state index in [1.165, 1.54) is 5.56 Å². The quantitative estimate of drug-likeness (QED) is 0.753. The molecule has 3 nitrogen and oxygen atoms in total. The third-order valence-electron chi connectivity index (χ3n) is 3.10. The molecule has 3 heteroatoms. The van der Waals surface area contributed by atoms with Crippen molar-refractivity contribution >= 4 is 11.8 Å². The molecule has 1 atom stereocenters. The number of carbonyl (C=O) groups excluding carboxylic acids is 1. The number of hydrogen-bond acceptors (Lipinski definition) is 2. The molecule has 1 aromatic carbocycles. The molecule has 0 aromatic heterocycles. The van der Waals surface area contributed by atoms with Gasteiger partial charge in [-0.05, 0) is 18.4 Å². The van der Waals surface area contributed by atoms with Crippen molar-refractivity contribution in [3.8, 4) is 0 Å². The van der Waals surface area contributed by atoms with Crippen molar-refractivity contribution in [3.63, 3.8) is 0 Å². The lowest BCUT2D eigenvalue weighted by Gasteiger charge is -2.10. The van der Waals surface area contributed by atoms with Crippen molar-refractivity contribution in [2.24, 2.45) is 5.92 Å². The van der Waals surface area contributed by atoms with E-state index in [1.807, 2.05) is 19.1 Å². The Morgan fingerprint density at radius 1 is 1.17 bits per heavy atom. The summed E-state index contributed by atoms with van der Waals surface area (Å²) in [7, 11) is 0. The van der Waals surface area contributed by atoms with Gasteiger partial charge in [-0.15, -0.1) is 0 Å². The maximum Gasteiger partial charge on any atom is 0.306 e. The summed E-state index contributed by atoms with van der Waals surface area (Å²) in [6.45, 7) is 3.98. The number of ketones is 1. The van der Waals surface area contributed by atoms with E-state index in [-0.39, 0.29) is 12.2 Å². The highest BCUT2D eigenvalue weighted by Crippen LogP contribution is 2.16. The first-order valence-corrected chi connectivity index (χ1v) is 6.43. The average molecular weight is 248 g/mol. The zero-order valence-electron chi connectivity index (χ0n) is 11.0. The Labute approximate surface area is 108 Å². The minimum absolute atomic E-state index is 0.0847. The van der Waals surface area contributed by atoms with Crippen molar-refractivity contribution in [1.82, 2.24) is 0 Å². The van der Waals surface area contributed by atoms with E-state index in [2.05, 4.69) is 6.92 Å². The number of benzene rings is 1. The second-order valence-electron chi connectivity index (χ2n) is 4.50. The highest BCUT2D eigenvalue weighted by atomic mass is 16.4. The molecular formula is C15H20O3. The Morgan fingerprint density at radius 2 is 1.78 bits per heavy atom. The molecule has 0 aliphatic heterocycles. The molecule has 0 heterocycles. The predicted molar refractivity (Wildman–Crippen MR) is 70.8 cm³/mol. The van der Waals surface area contributed by atoms with Crippen LogP contribution in [0.2, 0.25) is 0 Å². The molecule has 1 aromatic rings. The Bertz CT molecular complexity index is 406. The van der Waals surface area contributed by atoms with Gasteiger partial charge in [0.2, 0.25) is 0 Å². The second kappa shape index (κ2) is 6.94. The van der Waals surface area contributed by atoms with Crippen molar-refractivity contribution in [2.45, 2.75) is 39.5 Å². The lowest BCUT2D eigenvalue weighted by atomic mass is 9.94. The average Bonchev–Trinajstić information content (AvgIpc) is 2.38. The van der Waals surface area contributed by atoms with Gasteiger partial charge in [-0.2, -0.15) is 0 Å². The Hall–Kier alpha value is -1.64. The summed E-state index contributed by atoms with van der Waals surface area (Å²) in [5.74, 6) is -1.53. The molecule has 1 rings (SSSR count). The largest absolute Gasteiger partial charge is 0.481 e. The van der Waals surface area contributed by atoms with Crippen LogP contribution in [-0.4, -0.2) is 16.9 Å².